The molecule has 0 N–H and O–H groups in total. The molecule has 2 aliphatic heterocycles. The third kappa shape index (κ3) is 3.42. The summed E-state index contributed by atoms with van der Waals surface area (Å²) in [5.41, 5.74) is 1.44. The van der Waals surface area contributed by atoms with Gasteiger partial charge in [0.15, 0.2) is 11.0 Å². The fraction of sp³-hybridized carbons (Fsp3) is 0.233. The molecule has 1 atom stereocenters. The normalized spacial score (nSPS) is 18.1. The van der Waals surface area contributed by atoms with Gasteiger partial charge in [0.2, 0.25) is 5.76 Å². The quantitative estimate of drug-likeness (QED) is 0.328. The van der Waals surface area contributed by atoms with Crippen LogP contribution < -0.4 is 10.3 Å². The molecule has 8 heteroatoms. The Morgan fingerprint density at radius 1 is 1.00 bits per heavy atom. The van der Waals surface area contributed by atoms with Crippen molar-refractivity contribution in [1.29, 1.82) is 0 Å². The summed E-state index contributed by atoms with van der Waals surface area (Å²) in [5.74, 6) is -0.966. The molecule has 2 aliphatic rings. The number of amides is 2. The molecule has 6 rings (SSSR count). The molecule has 192 valence electrons. The van der Waals surface area contributed by atoms with E-state index in [0.717, 1.165) is 11.1 Å². The van der Waals surface area contributed by atoms with E-state index in [4.69, 9.17) is 20.8 Å². The van der Waals surface area contributed by atoms with Crippen LogP contribution in [0.15, 0.2) is 75.9 Å². The van der Waals surface area contributed by atoms with Crippen LogP contribution in [0.2, 0.25) is 5.02 Å². The van der Waals surface area contributed by atoms with Crippen LogP contribution in [0.1, 0.15) is 39.2 Å². The molecule has 0 saturated heterocycles. The Bertz CT molecular complexity index is 1680. The zero-order valence-corrected chi connectivity index (χ0v) is 21.7. The van der Waals surface area contributed by atoms with Crippen molar-refractivity contribution < 1.29 is 18.7 Å². The number of hydrogen-bond acceptors (Lipinski definition) is 5. The lowest BCUT2D eigenvalue weighted by Gasteiger charge is -2.34. The molecule has 0 radical (unpaired) electrons. The van der Waals surface area contributed by atoms with E-state index < -0.39 is 16.9 Å². The number of anilines is 1. The van der Waals surface area contributed by atoms with Crippen molar-refractivity contribution in [3.8, 4) is 0 Å². The minimum absolute atomic E-state index is 0.0406. The predicted molar refractivity (Wildman–Crippen MR) is 145 cm³/mol. The van der Waals surface area contributed by atoms with Crippen LogP contribution in [0.5, 0.6) is 0 Å². The van der Waals surface area contributed by atoms with Crippen molar-refractivity contribution in [2.45, 2.75) is 25.4 Å². The number of halogens is 1. The van der Waals surface area contributed by atoms with Crippen molar-refractivity contribution in [3.63, 3.8) is 0 Å². The molecular weight excluding hydrogens is 504 g/mol. The fourth-order valence-electron chi connectivity index (χ4n) is 5.78. The molecule has 38 heavy (non-hydrogen) atoms. The number of para-hydroxylation sites is 1. The largest absolute Gasteiger partial charge is 0.450 e. The summed E-state index contributed by atoms with van der Waals surface area (Å²) < 4.78 is 11.3. The smallest absolute Gasteiger partial charge is 0.291 e. The first-order valence-electron chi connectivity index (χ1n) is 12.4. The van der Waals surface area contributed by atoms with E-state index in [2.05, 4.69) is 0 Å². The van der Waals surface area contributed by atoms with Crippen LogP contribution >= 0.6 is 11.6 Å². The van der Waals surface area contributed by atoms with E-state index in [1.165, 1.54) is 11.0 Å². The fourth-order valence-corrected chi connectivity index (χ4v) is 5.95. The van der Waals surface area contributed by atoms with Crippen LogP contribution in [0, 0.1) is 6.92 Å². The first-order chi connectivity index (χ1) is 18.4. The predicted octanol–water partition coefficient (Wildman–Crippen LogP) is 5.04. The maximum atomic E-state index is 14.7. The van der Waals surface area contributed by atoms with Gasteiger partial charge in [0.1, 0.15) is 5.58 Å². The Kier molecular flexibility index (Phi) is 5.85. The van der Waals surface area contributed by atoms with Crippen molar-refractivity contribution in [2.24, 2.45) is 0 Å². The second kappa shape index (κ2) is 9.11. The molecule has 4 aromatic rings. The molecule has 7 nitrogen and oxygen atoms in total. The third-order valence-electron chi connectivity index (χ3n) is 7.35. The zero-order valence-electron chi connectivity index (χ0n) is 21.0. The van der Waals surface area contributed by atoms with Gasteiger partial charge in [-0.15, -0.1) is 0 Å². The second-order valence-corrected chi connectivity index (χ2v) is 10.1. The molecule has 0 fully saturated rings. The Morgan fingerprint density at radius 3 is 2.61 bits per heavy atom. The lowest BCUT2D eigenvalue weighted by atomic mass is 9.84. The highest BCUT2D eigenvalue weighted by atomic mass is 35.5. The van der Waals surface area contributed by atoms with E-state index in [1.54, 1.807) is 24.1 Å². The summed E-state index contributed by atoms with van der Waals surface area (Å²) in [5, 5.41) is 0.587. The van der Waals surface area contributed by atoms with Gasteiger partial charge >= 0.3 is 0 Å². The van der Waals surface area contributed by atoms with Crippen molar-refractivity contribution in [2.75, 3.05) is 25.2 Å². The van der Waals surface area contributed by atoms with Gasteiger partial charge in [-0.25, -0.2) is 0 Å². The van der Waals surface area contributed by atoms with Gasteiger partial charge in [-0.2, -0.15) is 0 Å². The van der Waals surface area contributed by atoms with Crippen LogP contribution in [-0.2, 0) is 21.6 Å². The molecule has 0 saturated carbocycles. The summed E-state index contributed by atoms with van der Waals surface area (Å²) in [4.78, 5) is 45.9. The number of benzene rings is 3. The topological polar surface area (TPSA) is 80.1 Å². The molecule has 2 amide bonds. The lowest BCUT2D eigenvalue weighted by molar-refractivity contribution is -0.126. The summed E-state index contributed by atoms with van der Waals surface area (Å²) >= 11 is 6.22. The second-order valence-electron chi connectivity index (χ2n) is 9.69. The van der Waals surface area contributed by atoms with Crippen LogP contribution in [0.3, 0.4) is 0 Å². The van der Waals surface area contributed by atoms with E-state index in [0.29, 0.717) is 35.8 Å². The van der Waals surface area contributed by atoms with Gasteiger partial charge in [0.05, 0.1) is 23.2 Å². The monoisotopic (exact) mass is 528 g/mol. The summed E-state index contributed by atoms with van der Waals surface area (Å²) in [6.45, 7) is 2.87. The lowest BCUT2D eigenvalue weighted by Crippen LogP contribution is -2.53. The van der Waals surface area contributed by atoms with Crippen LogP contribution in [0.25, 0.3) is 11.0 Å². The number of hydrogen-bond donors (Lipinski definition) is 0. The SMILES string of the molecule is COCCCN1C(=O)c2oc3ccc(Cl)cc3c(=O)c2C12C(=O)N(Cc1cccc(C)c1)c1ccccc12. The molecule has 1 aromatic heterocycles. The number of carbonyl (C=O) groups excluding carboxylic acids is 2. The van der Waals surface area contributed by atoms with Gasteiger partial charge < -0.3 is 19.0 Å². The van der Waals surface area contributed by atoms with Crippen molar-refractivity contribution in [1.82, 2.24) is 4.90 Å². The van der Waals surface area contributed by atoms with Crippen molar-refractivity contribution >= 4 is 40.1 Å². The highest BCUT2D eigenvalue weighted by molar-refractivity contribution is 6.31. The Labute approximate surface area is 224 Å². The molecular formula is C30H25ClN2O5. The number of aryl methyl sites for hydroxylation is 1. The minimum Gasteiger partial charge on any atom is -0.450 e. The Hall–Kier alpha value is -3.94. The van der Waals surface area contributed by atoms with Crippen LogP contribution in [0.4, 0.5) is 5.69 Å². The molecule has 0 bridgehead atoms. The van der Waals surface area contributed by atoms with E-state index >= 15 is 0 Å². The standard InChI is InChI=1S/C30H25ClN2O5/c1-18-7-5-8-19(15-18)17-32-23-10-4-3-9-22(23)30(29(32)36)25-26(34)21-16-20(31)11-12-24(21)38-27(25)28(35)33(30)13-6-14-37-2/h3-5,7-12,15-16H,6,13-14,17H2,1-2H3. The molecule has 1 spiro atoms. The number of nitrogens with zero attached hydrogens (tertiary/aromatic N) is 2. The molecule has 3 aromatic carbocycles. The number of carbonyl (C=O) groups is 2. The summed E-state index contributed by atoms with van der Waals surface area (Å²) in [6.07, 6.45) is 0.477. The van der Waals surface area contributed by atoms with Gasteiger partial charge in [-0.1, -0.05) is 59.6 Å². The van der Waals surface area contributed by atoms with Gasteiger partial charge in [-0.05, 0) is 43.2 Å². The van der Waals surface area contributed by atoms with Gasteiger partial charge in [-0.3, -0.25) is 14.4 Å². The molecule has 0 aliphatic carbocycles. The first-order valence-corrected chi connectivity index (χ1v) is 12.8. The Morgan fingerprint density at radius 2 is 1.82 bits per heavy atom. The average Bonchev–Trinajstić information content (AvgIpc) is 3.29. The highest BCUT2D eigenvalue weighted by Gasteiger charge is 2.64. The third-order valence-corrected chi connectivity index (χ3v) is 7.59. The summed E-state index contributed by atoms with van der Waals surface area (Å²) in [6, 6.07) is 20.0. The average molecular weight is 529 g/mol. The van der Waals surface area contributed by atoms with Gasteiger partial charge in [0, 0.05) is 30.8 Å². The Balaban J connectivity index is 1.63. The number of rotatable bonds is 6. The van der Waals surface area contributed by atoms with Crippen molar-refractivity contribution in [3.05, 3.63) is 110 Å². The first kappa shape index (κ1) is 24.4. The highest BCUT2D eigenvalue weighted by Crippen LogP contribution is 2.53. The maximum Gasteiger partial charge on any atom is 0.291 e. The number of ether oxygens (including phenoxy) is 1. The van der Waals surface area contributed by atoms with E-state index in [9.17, 15) is 14.4 Å². The molecule has 1 unspecified atom stereocenters. The van der Waals surface area contributed by atoms with Gasteiger partial charge in [0.25, 0.3) is 11.8 Å². The van der Waals surface area contributed by atoms with E-state index in [-0.39, 0.29) is 34.7 Å². The minimum atomic E-state index is -1.66. The molecule has 3 heterocycles. The zero-order chi connectivity index (χ0) is 26.6. The number of fused-ring (bicyclic) bond motifs is 5. The van der Waals surface area contributed by atoms with Crippen LogP contribution in [-0.4, -0.2) is 37.0 Å². The summed E-state index contributed by atoms with van der Waals surface area (Å²) in [7, 11) is 1.58. The van der Waals surface area contributed by atoms with E-state index in [1.807, 2.05) is 55.5 Å². The maximum absolute atomic E-state index is 14.7. The number of methoxy groups -OCH3 is 1.